The van der Waals surface area contributed by atoms with Crippen molar-refractivity contribution in [3.05, 3.63) is 71.6 Å². The second-order valence-electron chi connectivity index (χ2n) is 5.95. The zero-order valence-corrected chi connectivity index (χ0v) is 14.7. The van der Waals surface area contributed by atoms with Crippen LogP contribution in [0, 0.1) is 0 Å². The van der Waals surface area contributed by atoms with Crippen LogP contribution < -0.4 is 10.1 Å². The molecule has 8 nitrogen and oxygen atoms in total. The number of carboxylic acids is 1. The monoisotopic (exact) mass is 377 g/mol. The van der Waals surface area contributed by atoms with Crippen molar-refractivity contribution in [2.24, 2.45) is 0 Å². The molecule has 28 heavy (non-hydrogen) atoms. The lowest BCUT2D eigenvalue weighted by atomic mass is 10.1. The maximum atomic E-state index is 12.6. The minimum absolute atomic E-state index is 0.0902. The summed E-state index contributed by atoms with van der Waals surface area (Å²) in [7, 11) is 1.52. The van der Waals surface area contributed by atoms with Gasteiger partial charge < -0.3 is 24.9 Å². The van der Waals surface area contributed by atoms with Crippen molar-refractivity contribution in [1.82, 2.24) is 9.97 Å². The number of carbonyl (C=O) groups is 2. The summed E-state index contributed by atoms with van der Waals surface area (Å²) in [5.41, 5.74) is 1.38. The molecule has 0 saturated carbocycles. The van der Waals surface area contributed by atoms with E-state index in [-0.39, 0.29) is 11.6 Å². The number of aromatic amines is 1. The minimum atomic E-state index is -1.38. The lowest BCUT2D eigenvalue weighted by Crippen LogP contribution is -2.12. The van der Waals surface area contributed by atoms with Gasteiger partial charge in [0.05, 0.1) is 7.11 Å². The zero-order valence-electron chi connectivity index (χ0n) is 14.7. The molecule has 4 rings (SSSR count). The molecule has 3 heterocycles. The number of methoxy groups -OCH3 is 1. The van der Waals surface area contributed by atoms with Gasteiger partial charge in [0.25, 0.3) is 0 Å². The Balaban J connectivity index is 1.68. The lowest BCUT2D eigenvalue weighted by Gasteiger charge is -2.09. The maximum Gasteiger partial charge on any atom is 0.345 e. The van der Waals surface area contributed by atoms with E-state index in [2.05, 4.69) is 15.3 Å². The first-order valence-corrected chi connectivity index (χ1v) is 8.32. The molecule has 0 unspecified atom stereocenters. The van der Waals surface area contributed by atoms with E-state index in [0.717, 1.165) is 5.39 Å². The highest BCUT2D eigenvalue weighted by molar-refractivity contribution is 6.26. The van der Waals surface area contributed by atoms with Crippen LogP contribution in [0.15, 0.2) is 66.0 Å². The molecule has 3 aromatic rings. The van der Waals surface area contributed by atoms with Gasteiger partial charge in [-0.05, 0) is 30.3 Å². The molecule has 140 valence electrons. The Morgan fingerprint density at radius 1 is 1.32 bits per heavy atom. The number of hydrogen-bond acceptors (Lipinski definition) is 6. The lowest BCUT2D eigenvalue weighted by molar-refractivity contribution is -0.134. The highest BCUT2D eigenvalue weighted by Crippen LogP contribution is 2.30. The quantitative estimate of drug-likeness (QED) is 0.463. The van der Waals surface area contributed by atoms with Crippen molar-refractivity contribution in [3.63, 3.8) is 0 Å². The van der Waals surface area contributed by atoms with Gasteiger partial charge in [-0.25, -0.2) is 9.78 Å². The van der Waals surface area contributed by atoms with E-state index in [1.165, 1.54) is 13.2 Å². The molecule has 0 bridgehead atoms. The van der Waals surface area contributed by atoms with Crippen LogP contribution in [0.4, 0.5) is 5.69 Å². The van der Waals surface area contributed by atoms with Crippen LogP contribution in [0.5, 0.6) is 5.75 Å². The number of ketones is 1. The molecule has 0 saturated heterocycles. The third-order valence-corrected chi connectivity index (χ3v) is 4.20. The molecule has 8 heteroatoms. The number of pyridine rings is 1. The fourth-order valence-corrected chi connectivity index (χ4v) is 2.88. The van der Waals surface area contributed by atoms with E-state index >= 15 is 0 Å². The molecule has 0 radical (unpaired) electrons. The number of benzene rings is 1. The van der Waals surface area contributed by atoms with Crippen molar-refractivity contribution in [2.75, 3.05) is 12.4 Å². The average molecular weight is 377 g/mol. The predicted octanol–water partition coefficient (Wildman–Crippen LogP) is 2.92. The number of Topliss-reactive ketones (excluding diaryl/α,β-unsaturated/α-hetero) is 1. The molecule has 0 atom stereocenters. The summed E-state index contributed by atoms with van der Waals surface area (Å²) < 4.78 is 10.7. The van der Waals surface area contributed by atoms with Gasteiger partial charge in [-0.2, -0.15) is 0 Å². The van der Waals surface area contributed by atoms with Crippen molar-refractivity contribution in [2.45, 2.75) is 0 Å². The molecule has 0 fully saturated rings. The van der Waals surface area contributed by atoms with E-state index in [1.54, 1.807) is 42.7 Å². The van der Waals surface area contributed by atoms with Crippen molar-refractivity contribution in [1.29, 1.82) is 0 Å². The Kier molecular flexibility index (Phi) is 4.29. The minimum Gasteiger partial charge on any atom is -0.497 e. The Labute approximate surface area is 159 Å². The summed E-state index contributed by atoms with van der Waals surface area (Å²) in [5, 5.41) is 13.1. The summed E-state index contributed by atoms with van der Waals surface area (Å²) in [5.74, 6) is -1.74. The number of ether oxygens (including phenoxy) is 2. The third kappa shape index (κ3) is 3.07. The summed E-state index contributed by atoms with van der Waals surface area (Å²) in [4.78, 5) is 31.4. The van der Waals surface area contributed by atoms with Gasteiger partial charge in [0.15, 0.2) is 11.3 Å². The first-order valence-electron chi connectivity index (χ1n) is 8.32. The SMILES string of the molecule is COc1cccc(NC2=C(C(=O)O)C(=O)C(=Cc3c[nH]c4ncccc34)O2)c1. The maximum absolute atomic E-state index is 12.6. The number of H-pyrrole nitrogens is 1. The number of carbonyl (C=O) groups excluding carboxylic acids is 1. The number of fused-ring (bicyclic) bond motifs is 1. The molecule has 1 aliphatic heterocycles. The molecule has 0 aliphatic carbocycles. The highest BCUT2D eigenvalue weighted by Gasteiger charge is 2.36. The van der Waals surface area contributed by atoms with Crippen LogP contribution in [-0.4, -0.2) is 33.9 Å². The van der Waals surface area contributed by atoms with Gasteiger partial charge in [0.2, 0.25) is 11.7 Å². The van der Waals surface area contributed by atoms with Gasteiger partial charge in [0, 0.05) is 35.1 Å². The number of rotatable bonds is 5. The molecular formula is C20H15N3O5. The number of allylic oxidation sites excluding steroid dienone is 1. The van der Waals surface area contributed by atoms with Crippen LogP contribution in [0.3, 0.4) is 0 Å². The smallest absolute Gasteiger partial charge is 0.345 e. The number of anilines is 1. The van der Waals surface area contributed by atoms with Crippen molar-refractivity contribution < 1.29 is 24.2 Å². The van der Waals surface area contributed by atoms with Gasteiger partial charge in [-0.1, -0.05) is 6.07 Å². The second kappa shape index (κ2) is 6.92. The Hall–Kier alpha value is -4.07. The molecule has 0 spiro atoms. The Morgan fingerprint density at radius 3 is 2.96 bits per heavy atom. The molecule has 3 N–H and O–H groups in total. The number of nitrogens with one attached hydrogen (secondary N) is 2. The fourth-order valence-electron chi connectivity index (χ4n) is 2.88. The number of hydrogen-bond donors (Lipinski definition) is 3. The van der Waals surface area contributed by atoms with E-state index in [0.29, 0.717) is 22.6 Å². The number of carboxylic acid groups (broad SMARTS) is 1. The number of aromatic nitrogens is 2. The van der Waals surface area contributed by atoms with E-state index in [9.17, 15) is 14.7 Å². The Morgan fingerprint density at radius 2 is 2.18 bits per heavy atom. The first-order chi connectivity index (χ1) is 13.6. The van der Waals surface area contributed by atoms with Crippen LogP contribution in [-0.2, 0) is 14.3 Å². The second-order valence-corrected chi connectivity index (χ2v) is 5.95. The van der Waals surface area contributed by atoms with Crippen LogP contribution in [0.2, 0.25) is 0 Å². The van der Waals surface area contributed by atoms with Gasteiger partial charge in [-0.15, -0.1) is 0 Å². The summed E-state index contributed by atoms with van der Waals surface area (Å²) in [6, 6.07) is 10.4. The first kappa shape index (κ1) is 17.3. The third-order valence-electron chi connectivity index (χ3n) is 4.20. The van der Waals surface area contributed by atoms with Gasteiger partial charge in [0.1, 0.15) is 11.4 Å². The summed E-state index contributed by atoms with van der Waals surface area (Å²) in [6.07, 6.45) is 4.81. The van der Waals surface area contributed by atoms with Crippen LogP contribution in [0.25, 0.3) is 17.1 Å². The molecule has 0 amide bonds. The van der Waals surface area contributed by atoms with E-state index < -0.39 is 17.3 Å². The predicted molar refractivity (Wildman–Crippen MR) is 101 cm³/mol. The van der Waals surface area contributed by atoms with Gasteiger partial charge >= 0.3 is 5.97 Å². The summed E-state index contributed by atoms with van der Waals surface area (Å²) >= 11 is 0. The summed E-state index contributed by atoms with van der Waals surface area (Å²) in [6.45, 7) is 0. The van der Waals surface area contributed by atoms with Crippen molar-refractivity contribution >= 4 is 34.5 Å². The highest BCUT2D eigenvalue weighted by atomic mass is 16.5. The van der Waals surface area contributed by atoms with E-state index in [4.69, 9.17) is 9.47 Å². The fraction of sp³-hybridized carbons (Fsp3) is 0.0500. The number of nitrogens with zero attached hydrogens (tertiary/aromatic N) is 1. The van der Waals surface area contributed by atoms with Crippen molar-refractivity contribution in [3.8, 4) is 5.75 Å². The molecule has 1 aromatic carbocycles. The van der Waals surface area contributed by atoms with Crippen LogP contribution >= 0.6 is 0 Å². The average Bonchev–Trinajstić information content (AvgIpc) is 3.23. The number of aliphatic carboxylic acids is 1. The zero-order chi connectivity index (χ0) is 19.7. The molecule has 2 aromatic heterocycles. The normalized spacial score (nSPS) is 15.2. The largest absolute Gasteiger partial charge is 0.497 e. The van der Waals surface area contributed by atoms with Gasteiger partial charge in [-0.3, -0.25) is 4.79 Å². The van der Waals surface area contributed by atoms with Crippen LogP contribution in [0.1, 0.15) is 5.56 Å². The molecular weight excluding hydrogens is 362 g/mol. The van der Waals surface area contributed by atoms with E-state index in [1.807, 2.05) is 6.07 Å². The topological polar surface area (TPSA) is 114 Å². The standard InChI is InChI=1S/C20H15N3O5/c1-27-13-5-2-4-12(9-13)23-19-16(20(25)26)17(24)15(28-19)8-11-10-22-18-14(11)6-3-7-21-18/h2-10,23H,1H3,(H,21,22)(H,25,26). The molecule has 1 aliphatic rings. The Bertz CT molecular complexity index is 1160.